The molecule has 0 aromatic heterocycles. The number of allylic oxidation sites excluding steroid dienone is 2. The molecule has 1 aliphatic heterocycles. The molecule has 0 fully saturated rings. The van der Waals surface area contributed by atoms with Crippen LogP contribution in [0.3, 0.4) is 0 Å². The molecule has 0 aliphatic carbocycles. The van der Waals surface area contributed by atoms with Crippen molar-refractivity contribution in [2.75, 3.05) is 13.6 Å². The molecule has 9 heavy (non-hydrogen) atoms. The Balaban J connectivity index is 0.000000640. The van der Waals surface area contributed by atoms with E-state index in [1.54, 1.807) is 0 Å². The zero-order valence-electron chi connectivity index (χ0n) is 5.79. The summed E-state index contributed by atoms with van der Waals surface area (Å²) in [4.78, 5) is 2.15. The summed E-state index contributed by atoms with van der Waals surface area (Å²) in [5.41, 5.74) is 1.36. The number of rotatable bonds is 0. The van der Waals surface area contributed by atoms with Gasteiger partial charge in [0, 0.05) is 13.6 Å². The normalized spacial score (nSPS) is 16.7. The van der Waals surface area contributed by atoms with Crippen molar-refractivity contribution >= 4 is 12.4 Å². The molecule has 0 unspecified atom stereocenters. The van der Waals surface area contributed by atoms with E-state index in [4.69, 9.17) is 0 Å². The molecule has 2 heteroatoms. The van der Waals surface area contributed by atoms with E-state index >= 15 is 0 Å². The first-order chi connectivity index (χ1) is 3.79. The van der Waals surface area contributed by atoms with Crippen LogP contribution >= 0.6 is 12.4 Å². The lowest BCUT2D eigenvalue weighted by Gasteiger charge is -2.14. The summed E-state index contributed by atoms with van der Waals surface area (Å²) in [6, 6.07) is 0. The van der Waals surface area contributed by atoms with Crippen LogP contribution in [-0.2, 0) is 0 Å². The average molecular weight is 146 g/mol. The summed E-state index contributed by atoms with van der Waals surface area (Å²) < 4.78 is 0. The van der Waals surface area contributed by atoms with Gasteiger partial charge >= 0.3 is 0 Å². The first-order valence-corrected chi connectivity index (χ1v) is 2.84. The highest BCUT2D eigenvalue weighted by Crippen LogP contribution is 2.02. The molecule has 0 atom stereocenters. The first kappa shape index (κ1) is 8.57. The highest BCUT2D eigenvalue weighted by Gasteiger charge is 1.92. The van der Waals surface area contributed by atoms with Gasteiger partial charge in [-0.25, -0.2) is 0 Å². The summed E-state index contributed by atoms with van der Waals surface area (Å²) in [7, 11) is 2.07. The molecule has 0 saturated heterocycles. The van der Waals surface area contributed by atoms with Gasteiger partial charge in [0.2, 0.25) is 0 Å². The lowest BCUT2D eigenvalue weighted by Crippen LogP contribution is -2.12. The summed E-state index contributed by atoms with van der Waals surface area (Å²) >= 11 is 0. The van der Waals surface area contributed by atoms with Crippen molar-refractivity contribution in [2.45, 2.75) is 6.92 Å². The van der Waals surface area contributed by atoms with E-state index in [2.05, 4.69) is 37.2 Å². The van der Waals surface area contributed by atoms with Gasteiger partial charge in [0.05, 0.1) is 0 Å². The standard InChI is InChI=1S/C7H11N.ClH/c1-7-3-5-8(2)6-4-7;/h3-5H,6H2,1-2H3;1H. The molecule has 0 amide bonds. The van der Waals surface area contributed by atoms with Crippen molar-refractivity contribution in [3.8, 4) is 0 Å². The van der Waals surface area contributed by atoms with Crippen LogP contribution in [0, 0.1) is 0 Å². The van der Waals surface area contributed by atoms with Crippen molar-refractivity contribution in [3.63, 3.8) is 0 Å². The van der Waals surface area contributed by atoms with E-state index in [0.717, 1.165) is 6.54 Å². The Hall–Kier alpha value is -0.430. The predicted octanol–water partition coefficient (Wildman–Crippen LogP) is 1.81. The zero-order valence-corrected chi connectivity index (χ0v) is 6.61. The fourth-order valence-corrected chi connectivity index (χ4v) is 0.662. The average Bonchev–Trinajstić information content (AvgIpc) is 1.77. The minimum atomic E-state index is 0. The second-order valence-corrected chi connectivity index (χ2v) is 2.20. The predicted molar refractivity (Wildman–Crippen MR) is 42.8 cm³/mol. The Morgan fingerprint density at radius 2 is 2.22 bits per heavy atom. The van der Waals surface area contributed by atoms with Crippen LogP contribution in [0.5, 0.6) is 0 Å². The summed E-state index contributed by atoms with van der Waals surface area (Å²) in [6.07, 6.45) is 6.42. The topological polar surface area (TPSA) is 3.24 Å². The lowest BCUT2D eigenvalue weighted by molar-refractivity contribution is 0.502. The van der Waals surface area contributed by atoms with Crippen LogP contribution in [0.4, 0.5) is 0 Å². The molecule has 0 bridgehead atoms. The molecule has 1 nitrogen and oxygen atoms in total. The largest absolute Gasteiger partial charge is 0.377 e. The smallest absolute Gasteiger partial charge is 0.0356 e. The van der Waals surface area contributed by atoms with E-state index in [-0.39, 0.29) is 12.4 Å². The first-order valence-electron chi connectivity index (χ1n) is 2.84. The van der Waals surface area contributed by atoms with Gasteiger partial charge in [0.25, 0.3) is 0 Å². The van der Waals surface area contributed by atoms with Gasteiger partial charge in [-0.3, -0.25) is 0 Å². The number of likely N-dealkylation sites (N-methyl/N-ethyl adjacent to an activating group) is 1. The van der Waals surface area contributed by atoms with Gasteiger partial charge in [-0.05, 0) is 19.2 Å². The molecule has 0 N–H and O–H groups in total. The number of nitrogens with zero attached hydrogens (tertiary/aromatic N) is 1. The monoisotopic (exact) mass is 145 g/mol. The van der Waals surface area contributed by atoms with Gasteiger partial charge in [0.1, 0.15) is 0 Å². The molecular weight excluding hydrogens is 134 g/mol. The fraction of sp³-hybridized carbons (Fsp3) is 0.429. The molecule has 0 aromatic rings. The number of hydrogen-bond donors (Lipinski definition) is 0. The molecule has 52 valence electrons. The minimum absolute atomic E-state index is 0. The van der Waals surface area contributed by atoms with E-state index in [1.807, 2.05) is 0 Å². The Bertz CT molecular complexity index is 138. The van der Waals surface area contributed by atoms with Gasteiger partial charge in [-0.2, -0.15) is 0 Å². The van der Waals surface area contributed by atoms with Crippen LogP contribution in [0.1, 0.15) is 6.92 Å². The third-order valence-corrected chi connectivity index (χ3v) is 1.29. The van der Waals surface area contributed by atoms with Crippen LogP contribution in [-0.4, -0.2) is 18.5 Å². The summed E-state index contributed by atoms with van der Waals surface area (Å²) in [6.45, 7) is 3.17. The minimum Gasteiger partial charge on any atom is -0.377 e. The van der Waals surface area contributed by atoms with Crippen molar-refractivity contribution in [3.05, 3.63) is 23.9 Å². The van der Waals surface area contributed by atoms with E-state index in [9.17, 15) is 0 Å². The van der Waals surface area contributed by atoms with Crippen LogP contribution < -0.4 is 0 Å². The van der Waals surface area contributed by atoms with Crippen molar-refractivity contribution in [2.24, 2.45) is 0 Å². The zero-order chi connectivity index (χ0) is 5.98. The molecule has 0 spiro atoms. The Morgan fingerprint density at radius 3 is 2.56 bits per heavy atom. The van der Waals surface area contributed by atoms with E-state index < -0.39 is 0 Å². The number of halogens is 1. The Kier molecular flexibility index (Phi) is 3.40. The lowest BCUT2D eigenvalue weighted by atomic mass is 10.2. The maximum Gasteiger partial charge on any atom is 0.0356 e. The van der Waals surface area contributed by atoms with Crippen molar-refractivity contribution in [1.82, 2.24) is 4.90 Å². The highest BCUT2D eigenvalue weighted by atomic mass is 35.5. The molecule has 1 heterocycles. The third-order valence-electron chi connectivity index (χ3n) is 1.29. The second kappa shape index (κ2) is 3.57. The van der Waals surface area contributed by atoms with Crippen LogP contribution in [0.2, 0.25) is 0 Å². The van der Waals surface area contributed by atoms with Crippen molar-refractivity contribution < 1.29 is 0 Å². The maximum absolute atomic E-state index is 2.21. The van der Waals surface area contributed by atoms with Gasteiger partial charge in [0.15, 0.2) is 0 Å². The highest BCUT2D eigenvalue weighted by molar-refractivity contribution is 5.85. The quantitative estimate of drug-likeness (QED) is 0.503. The summed E-state index contributed by atoms with van der Waals surface area (Å²) in [5, 5.41) is 0. The van der Waals surface area contributed by atoms with Gasteiger partial charge in [-0.15, -0.1) is 12.4 Å². The Morgan fingerprint density at radius 1 is 1.56 bits per heavy atom. The van der Waals surface area contributed by atoms with Gasteiger partial charge < -0.3 is 4.90 Å². The fourth-order valence-electron chi connectivity index (χ4n) is 0.662. The molecule has 0 radical (unpaired) electrons. The molecule has 0 aromatic carbocycles. The third kappa shape index (κ3) is 2.56. The Labute approximate surface area is 62.5 Å². The van der Waals surface area contributed by atoms with Crippen molar-refractivity contribution in [1.29, 1.82) is 0 Å². The molecular formula is C7H12ClN. The second-order valence-electron chi connectivity index (χ2n) is 2.20. The summed E-state index contributed by atoms with van der Waals surface area (Å²) in [5.74, 6) is 0. The van der Waals surface area contributed by atoms with Gasteiger partial charge in [-0.1, -0.05) is 11.6 Å². The SMILES string of the molecule is CC1=CCN(C)C=C1.Cl. The number of hydrogen-bond acceptors (Lipinski definition) is 1. The van der Waals surface area contributed by atoms with E-state index in [0.29, 0.717) is 0 Å². The van der Waals surface area contributed by atoms with E-state index in [1.165, 1.54) is 5.57 Å². The van der Waals surface area contributed by atoms with Crippen LogP contribution in [0.15, 0.2) is 23.9 Å². The van der Waals surface area contributed by atoms with Crippen LogP contribution in [0.25, 0.3) is 0 Å². The molecule has 1 rings (SSSR count). The molecule has 0 saturated carbocycles. The molecule has 1 aliphatic rings. The maximum atomic E-state index is 2.21.